The molecule has 0 saturated heterocycles. The van der Waals surface area contributed by atoms with Crippen molar-refractivity contribution < 1.29 is 14.3 Å². The predicted octanol–water partition coefficient (Wildman–Crippen LogP) is 5.39. The van der Waals surface area contributed by atoms with E-state index in [1.165, 1.54) is 22.5 Å². The molecule has 9 heteroatoms. The average Bonchev–Trinajstić information content (AvgIpc) is 3.20. The van der Waals surface area contributed by atoms with Gasteiger partial charge >= 0.3 is 0 Å². The smallest absolute Gasteiger partial charge is 0.258 e. The summed E-state index contributed by atoms with van der Waals surface area (Å²) < 4.78 is 11.6. The molecule has 2 heterocycles. The first-order valence-corrected chi connectivity index (χ1v) is 11.7. The third kappa shape index (κ3) is 5.03. The maximum atomic E-state index is 12.6. The molecule has 162 valence electrons. The molecule has 2 aromatic carbocycles. The Bertz CT molecular complexity index is 1120. The van der Waals surface area contributed by atoms with Gasteiger partial charge in [0.15, 0.2) is 16.6 Å². The Labute approximate surface area is 198 Å². The molecule has 3 aromatic rings. The van der Waals surface area contributed by atoms with Crippen LogP contribution < -0.4 is 14.8 Å². The third-order valence-electron chi connectivity index (χ3n) is 5.13. The number of halogens is 2. The lowest BCUT2D eigenvalue weighted by Crippen LogP contribution is -2.30. The zero-order valence-corrected chi connectivity index (χ0v) is 20.2. The molecule has 6 nitrogen and oxygen atoms in total. The second kappa shape index (κ2) is 9.56. The number of fused-ring (bicyclic) bond motifs is 1. The first-order chi connectivity index (χ1) is 15.0. The first kappa shape index (κ1) is 22.1. The van der Waals surface area contributed by atoms with Gasteiger partial charge in [0.1, 0.15) is 0 Å². The summed E-state index contributed by atoms with van der Waals surface area (Å²) in [7, 11) is 3.31. The highest BCUT2D eigenvalue weighted by Crippen LogP contribution is 2.33. The number of carbonyl (C=O) groups is 1. The molecule has 1 amide bonds. The number of aromatic nitrogens is 1. The number of thiazole rings is 1. The standard InChI is InChI=1S/C22H21BrClN3O3S/c1-29-19-7-13-5-6-27(10-14(13)8-20(19)30-2)11-16-12-31-22(25-16)26-21(28)17-9-15(23)3-4-18(17)24/h3-4,7-9,12H,5-6,10-11H2,1-2H3,(H,25,26,28). The van der Waals surface area contributed by atoms with Crippen LogP contribution in [0, 0.1) is 0 Å². The van der Waals surface area contributed by atoms with E-state index in [4.69, 9.17) is 21.1 Å². The fourth-order valence-corrected chi connectivity index (χ4v) is 4.84. The van der Waals surface area contributed by atoms with Crippen molar-refractivity contribution in [1.29, 1.82) is 0 Å². The second-order valence-electron chi connectivity index (χ2n) is 7.16. The van der Waals surface area contributed by atoms with Crippen molar-refractivity contribution in [3.8, 4) is 11.5 Å². The van der Waals surface area contributed by atoms with E-state index in [1.54, 1.807) is 32.4 Å². The Kier molecular flexibility index (Phi) is 6.81. The number of nitrogens with one attached hydrogen (secondary N) is 1. The van der Waals surface area contributed by atoms with Gasteiger partial charge in [-0.25, -0.2) is 4.98 Å². The van der Waals surface area contributed by atoms with Gasteiger partial charge in [0.2, 0.25) is 0 Å². The summed E-state index contributed by atoms with van der Waals surface area (Å²) in [4.78, 5) is 19.5. The van der Waals surface area contributed by atoms with Crippen LogP contribution in [0.4, 0.5) is 5.13 Å². The Hall–Kier alpha value is -2.13. The van der Waals surface area contributed by atoms with Gasteiger partial charge in [-0.15, -0.1) is 11.3 Å². The number of methoxy groups -OCH3 is 2. The van der Waals surface area contributed by atoms with Gasteiger partial charge in [0.25, 0.3) is 5.91 Å². The van der Waals surface area contributed by atoms with E-state index in [-0.39, 0.29) is 5.91 Å². The Morgan fingerprint density at radius 1 is 1.23 bits per heavy atom. The van der Waals surface area contributed by atoms with Crippen molar-refractivity contribution in [2.24, 2.45) is 0 Å². The lowest BCUT2D eigenvalue weighted by molar-refractivity contribution is 0.102. The number of nitrogens with zero attached hydrogens (tertiary/aromatic N) is 2. The van der Waals surface area contributed by atoms with Crippen LogP contribution in [-0.4, -0.2) is 36.6 Å². The lowest BCUT2D eigenvalue weighted by atomic mass is 9.98. The maximum absolute atomic E-state index is 12.6. The third-order valence-corrected chi connectivity index (χ3v) is 6.76. The van der Waals surface area contributed by atoms with Gasteiger partial charge in [0, 0.05) is 29.5 Å². The van der Waals surface area contributed by atoms with Crippen LogP contribution in [0.5, 0.6) is 11.5 Å². The van der Waals surface area contributed by atoms with E-state index in [9.17, 15) is 4.79 Å². The van der Waals surface area contributed by atoms with Crippen LogP contribution in [0.25, 0.3) is 0 Å². The number of ether oxygens (including phenoxy) is 2. The van der Waals surface area contributed by atoms with Gasteiger partial charge in [-0.05, 0) is 47.9 Å². The molecule has 1 N–H and O–H groups in total. The van der Waals surface area contributed by atoms with Gasteiger partial charge in [-0.1, -0.05) is 27.5 Å². The summed E-state index contributed by atoms with van der Waals surface area (Å²) in [5, 5.41) is 5.77. The number of carbonyl (C=O) groups excluding carboxylic acids is 1. The molecule has 31 heavy (non-hydrogen) atoms. The van der Waals surface area contributed by atoms with Crippen LogP contribution in [0.15, 0.2) is 40.2 Å². The summed E-state index contributed by atoms with van der Waals surface area (Å²) in [6.07, 6.45) is 0.935. The minimum absolute atomic E-state index is 0.278. The van der Waals surface area contributed by atoms with E-state index in [1.807, 2.05) is 5.38 Å². The predicted molar refractivity (Wildman–Crippen MR) is 127 cm³/mol. The van der Waals surface area contributed by atoms with Gasteiger partial charge < -0.3 is 9.47 Å². The molecule has 1 aliphatic rings. The number of hydrogen-bond donors (Lipinski definition) is 1. The molecule has 0 bridgehead atoms. The Morgan fingerprint density at radius 2 is 1.97 bits per heavy atom. The number of anilines is 1. The summed E-state index contributed by atoms with van der Waals surface area (Å²) in [6.45, 7) is 2.44. The number of rotatable bonds is 6. The zero-order valence-electron chi connectivity index (χ0n) is 17.1. The van der Waals surface area contributed by atoms with Crippen molar-refractivity contribution in [2.75, 3.05) is 26.1 Å². The molecule has 1 aromatic heterocycles. The molecule has 0 fully saturated rings. The normalized spacial score (nSPS) is 13.5. The minimum atomic E-state index is -0.278. The molecule has 0 unspecified atom stereocenters. The zero-order chi connectivity index (χ0) is 22.0. The minimum Gasteiger partial charge on any atom is -0.493 e. The topological polar surface area (TPSA) is 63.7 Å². The fraction of sp³-hybridized carbons (Fsp3) is 0.273. The first-order valence-electron chi connectivity index (χ1n) is 9.63. The fourth-order valence-electron chi connectivity index (χ4n) is 3.58. The molecule has 1 aliphatic heterocycles. The van der Waals surface area contributed by atoms with Crippen molar-refractivity contribution in [1.82, 2.24) is 9.88 Å². The lowest BCUT2D eigenvalue weighted by Gasteiger charge is -2.29. The van der Waals surface area contributed by atoms with E-state index >= 15 is 0 Å². The van der Waals surface area contributed by atoms with Crippen LogP contribution in [0.1, 0.15) is 27.2 Å². The maximum Gasteiger partial charge on any atom is 0.258 e. The van der Waals surface area contributed by atoms with E-state index < -0.39 is 0 Å². The molecule has 4 rings (SSSR count). The quantitative estimate of drug-likeness (QED) is 0.470. The molecular formula is C22H21BrClN3O3S. The molecule has 0 spiro atoms. The summed E-state index contributed by atoms with van der Waals surface area (Å²) >= 11 is 10.9. The van der Waals surface area contributed by atoms with Crippen molar-refractivity contribution in [3.63, 3.8) is 0 Å². The van der Waals surface area contributed by atoms with Crippen molar-refractivity contribution in [3.05, 3.63) is 67.6 Å². The molecule has 0 saturated carbocycles. The largest absolute Gasteiger partial charge is 0.493 e. The molecule has 0 radical (unpaired) electrons. The van der Waals surface area contributed by atoms with E-state index in [2.05, 4.69) is 43.3 Å². The summed E-state index contributed by atoms with van der Waals surface area (Å²) in [5.41, 5.74) is 3.84. The highest BCUT2D eigenvalue weighted by Gasteiger charge is 2.21. The summed E-state index contributed by atoms with van der Waals surface area (Å²) in [6, 6.07) is 9.29. The van der Waals surface area contributed by atoms with Gasteiger partial charge in [0.05, 0.1) is 30.5 Å². The van der Waals surface area contributed by atoms with Gasteiger partial charge in [-0.2, -0.15) is 0 Å². The Balaban J connectivity index is 1.42. The van der Waals surface area contributed by atoms with E-state index in [0.29, 0.717) is 22.3 Å². The molecule has 0 aliphatic carbocycles. The van der Waals surface area contributed by atoms with Crippen LogP contribution in [0.2, 0.25) is 5.02 Å². The van der Waals surface area contributed by atoms with Crippen molar-refractivity contribution in [2.45, 2.75) is 19.5 Å². The number of benzene rings is 2. The summed E-state index contributed by atoms with van der Waals surface area (Å²) in [5.74, 6) is 1.23. The van der Waals surface area contributed by atoms with Crippen LogP contribution in [-0.2, 0) is 19.5 Å². The highest BCUT2D eigenvalue weighted by atomic mass is 79.9. The molecule has 0 atom stereocenters. The van der Waals surface area contributed by atoms with Gasteiger partial charge in [-0.3, -0.25) is 15.0 Å². The van der Waals surface area contributed by atoms with Crippen LogP contribution in [0.3, 0.4) is 0 Å². The highest BCUT2D eigenvalue weighted by molar-refractivity contribution is 9.10. The second-order valence-corrected chi connectivity index (χ2v) is 9.34. The molecular weight excluding hydrogens is 502 g/mol. The SMILES string of the molecule is COc1cc2c(cc1OC)CN(Cc1csc(NC(=O)c3cc(Br)ccc3Cl)n1)CC2. The number of hydrogen-bond acceptors (Lipinski definition) is 6. The van der Waals surface area contributed by atoms with Crippen molar-refractivity contribution >= 4 is 49.9 Å². The monoisotopic (exact) mass is 521 g/mol. The Morgan fingerprint density at radius 3 is 2.71 bits per heavy atom. The van der Waals surface area contributed by atoms with Crippen LogP contribution >= 0.6 is 38.9 Å². The van der Waals surface area contributed by atoms with E-state index in [0.717, 1.165) is 41.2 Å². The average molecular weight is 523 g/mol. The number of amides is 1.